The van der Waals surface area contributed by atoms with Crippen molar-refractivity contribution in [3.63, 3.8) is 0 Å². The molecule has 0 N–H and O–H groups in total. The highest BCUT2D eigenvalue weighted by atomic mass is 16.6. The van der Waals surface area contributed by atoms with Crippen LogP contribution in [0.2, 0.25) is 0 Å². The van der Waals surface area contributed by atoms with Gasteiger partial charge >= 0.3 is 0 Å². The van der Waals surface area contributed by atoms with Crippen LogP contribution in [0.1, 0.15) is 49.5 Å². The van der Waals surface area contributed by atoms with E-state index in [4.69, 9.17) is 14.6 Å². The largest absolute Gasteiger partial charge is 0.493 e. The summed E-state index contributed by atoms with van der Waals surface area (Å²) in [5.41, 5.74) is 6.17. The summed E-state index contributed by atoms with van der Waals surface area (Å²) in [5, 5.41) is 4.19. The van der Waals surface area contributed by atoms with Gasteiger partial charge in [0.15, 0.2) is 0 Å². The Morgan fingerprint density at radius 3 is 2.55 bits per heavy atom. The van der Waals surface area contributed by atoms with Crippen molar-refractivity contribution >= 4 is 5.71 Å². The topological polar surface area (TPSA) is 69.5 Å². The molecule has 3 aromatic heterocycles. The second-order valence-electron chi connectivity index (χ2n) is 7.47. The Hall–Kier alpha value is -3.28. The zero-order chi connectivity index (χ0) is 22.1. The molecule has 3 rings (SSSR count). The maximum absolute atomic E-state index is 5.78. The minimum atomic E-state index is 0.521. The number of ether oxygens (including phenoxy) is 1. The molecule has 6 heteroatoms. The number of aryl methyl sites for hydroxylation is 3. The zero-order valence-corrected chi connectivity index (χ0v) is 18.8. The van der Waals surface area contributed by atoms with Gasteiger partial charge in [0.1, 0.15) is 18.1 Å². The molecule has 0 aliphatic carbocycles. The van der Waals surface area contributed by atoms with Gasteiger partial charge in [0.2, 0.25) is 0 Å². The second kappa shape index (κ2) is 11.2. The molecule has 0 aliphatic heterocycles. The first kappa shape index (κ1) is 22.4. The minimum Gasteiger partial charge on any atom is -0.493 e. The molecule has 0 saturated heterocycles. The highest BCUT2D eigenvalue weighted by molar-refractivity contribution is 5.96. The van der Waals surface area contributed by atoms with Gasteiger partial charge in [-0.15, -0.1) is 0 Å². The van der Waals surface area contributed by atoms with Crippen LogP contribution in [0.15, 0.2) is 53.7 Å². The average Bonchev–Trinajstić information content (AvgIpc) is 2.77. The van der Waals surface area contributed by atoms with E-state index in [1.165, 1.54) is 0 Å². The summed E-state index contributed by atoms with van der Waals surface area (Å²) in [6, 6.07) is 15.8. The van der Waals surface area contributed by atoms with Gasteiger partial charge in [0.25, 0.3) is 0 Å². The van der Waals surface area contributed by atoms with Gasteiger partial charge in [0.05, 0.1) is 23.7 Å². The van der Waals surface area contributed by atoms with E-state index < -0.39 is 0 Å². The molecule has 0 amide bonds. The van der Waals surface area contributed by atoms with Crippen LogP contribution in [0.3, 0.4) is 0 Å². The summed E-state index contributed by atoms with van der Waals surface area (Å²) in [7, 11) is 0. The Labute approximate surface area is 184 Å². The molecule has 31 heavy (non-hydrogen) atoms. The number of oxime groups is 1. The highest BCUT2D eigenvalue weighted by Gasteiger charge is 2.07. The molecule has 162 valence electrons. The van der Waals surface area contributed by atoms with Crippen molar-refractivity contribution in [3.05, 3.63) is 71.3 Å². The SMILES string of the molecule is CCCOc1cc(C)nc(-c2cccc(CCCO/N=C(\C)c3cccc(C)n3)n2)c1. The van der Waals surface area contributed by atoms with Crippen molar-refractivity contribution in [1.29, 1.82) is 0 Å². The van der Waals surface area contributed by atoms with E-state index in [0.29, 0.717) is 13.2 Å². The van der Waals surface area contributed by atoms with E-state index >= 15 is 0 Å². The van der Waals surface area contributed by atoms with Crippen LogP contribution < -0.4 is 4.74 Å². The molecule has 0 atom stereocenters. The van der Waals surface area contributed by atoms with Crippen LogP contribution >= 0.6 is 0 Å². The molecule has 0 bridgehead atoms. The average molecular weight is 419 g/mol. The molecule has 0 fully saturated rings. The van der Waals surface area contributed by atoms with Crippen LogP contribution in [0, 0.1) is 13.8 Å². The lowest BCUT2D eigenvalue weighted by Gasteiger charge is -2.09. The molecule has 0 spiro atoms. The molecule has 0 aliphatic rings. The van der Waals surface area contributed by atoms with Crippen LogP contribution in [-0.4, -0.2) is 33.9 Å². The lowest BCUT2D eigenvalue weighted by atomic mass is 10.1. The summed E-state index contributed by atoms with van der Waals surface area (Å²) >= 11 is 0. The fourth-order valence-corrected chi connectivity index (χ4v) is 3.08. The predicted octanol–water partition coefficient (Wildman–Crippen LogP) is 5.32. The number of nitrogens with zero attached hydrogens (tertiary/aromatic N) is 4. The Morgan fingerprint density at radius 1 is 0.903 bits per heavy atom. The lowest BCUT2D eigenvalue weighted by molar-refractivity contribution is 0.141. The van der Waals surface area contributed by atoms with Gasteiger partial charge in [-0.3, -0.25) is 15.0 Å². The van der Waals surface area contributed by atoms with Crippen molar-refractivity contribution in [2.75, 3.05) is 13.2 Å². The fraction of sp³-hybridized carbons (Fsp3) is 0.360. The molecule has 0 radical (unpaired) electrons. The Morgan fingerprint density at radius 2 is 1.74 bits per heavy atom. The summed E-state index contributed by atoms with van der Waals surface area (Å²) < 4.78 is 5.78. The maximum Gasteiger partial charge on any atom is 0.123 e. The van der Waals surface area contributed by atoms with Crippen LogP contribution in [0.4, 0.5) is 0 Å². The second-order valence-corrected chi connectivity index (χ2v) is 7.47. The Kier molecular flexibility index (Phi) is 8.10. The van der Waals surface area contributed by atoms with Crippen molar-refractivity contribution in [2.45, 2.75) is 47.0 Å². The van der Waals surface area contributed by atoms with Gasteiger partial charge in [0, 0.05) is 29.2 Å². The minimum absolute atomic E-state index is 0.521. The normalized spacial score (nSPS) is 11.4. The van der Waals surface area contributed by atoms with Gasteiger partial charge < -0.3 is 9.57 Å². The molecule has 6 nitrogen and oxygen atoms in total. The molecule has 0 aromatic carbocycles. The van der Waals surface area contributed by atoms with Crippen molar-refractivity contribution < 1.29 is 9.57 Å². The molecule has 3 heterocycles. The highest BCUT2D eigenvalue weighted by Crippen LogP contribution is 2.22. The van der Waals surface area contributed by atoms with Crippen molar-refractivity contribution in [3.8, 4) is 17.1 Å². The van der Waals surface area contributed by atoms with Crippen molar-refractivity contribution in [2.24, 2.45) is 5.16 Å². The summed E-state index contributed by atoms with van der Waals surface area (Å²) in [5.74, 6) is 0.835. The summed E-state index contributed by atoms with van der Waals surface area (Å²) in [6.45, 7) is 9.14. The maximum atomic E-state index is 5.78. The third-order valence-corrected chi connectivity index (χ3v) is 4.60. The first-order valence-corrected chi connectivity index (χ1v) is 10.7. The van der Waals surface area contributed by atoms with E-state index in [9.17, 15) is 0 Å². The van der Waals surface area contributed by atoms with E-state index in [0.717, 1.165) is 64.9 Å². The molecular formula is C25H30N4O2. The van der Waals surface area contributed by atoms with Gasteiger partial charge in [-0.25, -0.2) is 0 Å². The number of hydrogen-bond acceptors (Lipinski definition) is 6. The molecule has 0 saturated carbocycles. The van der Waals surface area contributed by atoms with E-state index in [-0.39, 0.29) is 0 Å². The number of aromatic nitrogens is 3. The quantitative estimate of drug-likeness (QED) is 0.253. The number of rotatable bonds is 10. The van der Waals surface area contributed by atoms with E-state index in [1.54, 1.807) is 0 Å². The molecule has 0 unspecified atom stereocenters. The molecule has 3 aromatic rings. The fourth-order valence-electron chi connectivity index (χ4n) is 3.08. The third-order valence-electron chi connectivity index (χ3n) is 4.60. The van der Waals surface area contributed by atoms with Crippen LogP contribution in [0.5, 0.6) is 5.75 Å². The Balaban J connectivity index is 1.56. The van der Waals surface area contributed by atoms with Crippen LogP contribution in [-0.2, 0) is 11.3 Å². The first-order valence-electron chi connectivity index (χ1n) is 10.7. The standard InChI is InChI=1S/C25H30N4O2/c1-5-14-30-22-16-19(3)27-25(17-22)24-13-7-10-21(28-24)11-8-15-31-29-20(4)23-12-6-9-18(2)26-23/h6-7,9-10,12-13,16-17H,5,8,11,14-15H2,1-4H3/b29-20+. The van der Waals surface area contributed by atoms with E-state index in [2.05, 4.69) is 22.0 Å². The Bertz CT molecular complexity index is 1030. The van der Waals surface area contributed by atoms with Gasteiger partial charge in [-0.1, -0.05) is 24.2 Å². The van der Waals surface area contributed by atoms with Crippen LogP contribution in [0.25, 0.3) is 11.4 Å². The third kappa shape index (κ3) is 6.88. The predicted molar refractivity (Wildman–Crippen MR) is 123 cm³/mol. The van der Waals surface area contributed by atoms with Gasteiger partial charge in [-0.2, -0.15) is 0 Å². The lowest BCUT2D eigenvalue weighted by Crippen LogP contribution is -2.02. The smallest absolute Gasteiger partial charge is 0.123 e. The molecular weight excluding hydrogens is 388 g/mol. The van der Waals surface area contributed by atoms with E-state index in [1.807, 2.05) is 69.3 Å². The van der Waals surface area contributed by atoms with Crippen molar-refractivity contribution in [1.82, 2.24) is 15.0 Å². The zero-order valence-electron chi connectivity index (χ0n) is 18.8. The number of pyridine rings is 3. The first-order chi connectivity index (χ1) is 15.0. The summed E-state index contributed by atoms with van der Waals surface area (Å²) in [6.07, 6.45) is 2.59. The monoisotopic (exact) mass is 418 g/mol. The number of hydrogen-bond donors (Lipinski definition) is 0. The van der Waals surface area contributed by atoms with Gasteiger partial charge in [-0.05, 0) is 64.3 Å². The summed E-state index contributed by atoms with van der Waals surface area (Å²) in [4.78, 5) is 19.3.